The fraction of sp³-hybridized carbons (Fsp3) is 0.826. The van der Waals surface area contributed by atoms with Crippen molar-refractivity contribution in [3.63, 3.8) is 0 Å². The Balaban J connectivity index is 2.28. The summed E-state index contributed by atoms with van der Waals surface area (Å²) in [7, 11) is 1.46. The molecule has 1 heterocycles. The molecular formula is C23H42BrN3. The van der Waals surface area contributed by atoms with Crippen molar-refractivity contribution in [1.82, 2.24) is 9.97 Å². The van der Waals surface area contributed by atoms with E-state index in [4.69, 9.17) is 5.48 Å². The monoisotopic (exact) mass is 443 g/mol. The van der Waals surface area contributed by atoms with Crippen molar-refractivity contribution in [1.29, 1.82) is 0 Å². The van der Waals surface area contributed by atoms with Crippen molar-refractivity contribution in [3.8, 4) is 0 Å². The number of nitrogens with zero attached hydrogens (tertiary/aromatic N) is 3. The van der Waals surface area contributed by atoms with E-state index in [9.17, 15) is 0 Å². The zero-order valence-electron chi connectivity index (χ0n) is 21.7. The molecule has 27 heavy (non-hydrogen) atoms. The Hall–Kier alpha value is -0.640. The average Bonchev–Trinajstić information content (AvgIpc) is 2.71. The van der Waals surface area contributed by atoms with E-state index in [0.29, 0.717) is 15.9 Å². The highest BCUT2D eigenvalue weighted by atomic mass is 79.9. The van der Waals surface area contributed by atoms with Gasteiger partial charge in [0, 0.05) is 19.5 Å². The van der Waals surface area contributed by atoms with E-state index in [1.807, 2.05) is 6.92 Å². The zero-order valence-corrected chi connectivity index (χ0v) is 19.3. The number of halogens is 1. The van der Waals surface area contributed by atoms with Crippen molar-refractivity contribution in [2.45, 2.75) is 110 Å². The van der Waals surface area contributed by atoms with Gasteiger partial charge in [-0.05, 0) is 35.7 Å². The molecule has 156 valence electrons. The Morgan fingerprint density at radius 1 is 0.852 bits per heavy atom. The minimum absolute atomic E-state index is 0.151. The fourth-order valence-corrected chi connectivity index (χ4v) is 3.59. The first kappa shape index (κ1) is 18.4. The molecule has 1 aromatic heterocycles. The highest BCUT2D eigenvalue weighted by molar-refractivity contribution is 9.10. The van der Waals surface area contributed by atoms with Crippen LogP contribution in [0.15, 0.2) is 4.47 Å². The molecule has 1 rings (SSSR count). The lowest BCUT2D eigenvalue weighted by Gasteiger charge is -2.14. The van der Waals surface area contributed by atoms with Gasteiger partial charge >= 0.3 is 0 Å². The van der Waals surface area contributed by atoms with E-state index in [1.165, 1.54) is 77.7 Å². The summed E-state index contributed by atoms with van der Waals surface area (Å²) in [5.74, 6) is 0.151. The average molecular weight is 445 g/mol. The largest absolute Gasteiger partial charge is 0.347 e. The molecule has 3 nitrogen and oxygen atoms in total. The molecule has 1 aromatic rings. The second kappa shape index (κ2) is 15.3. The third-order valence-electron chi connectivity index (χ3n) is 4.98. The van der Waals surface area contributed by atoms with Gasteiger partial charge in [-0.15, -0.1) is 0 Å². The number of aromatic nitrogens is 2. The summed E-state index contributed by atoms with van der Waals surface area (Å²) in [5.41, 5.74) is 1.25. The quantitative estimate of drug-likeness (QED) is 0.245. The first-order chi connectivity index (χ1) is 14.7. The van der Waals surface area contributed by atoms with Crippen molar-refractivity contribution in [2.75, 3.05) is 18.9 Å². The first-order valence-electron chi connectivity index (χ1n) is 13.0. The van der Waals surface area contributed by atoms with Crippen LogP contribution in [0.2, 0.25) is 0 Å². The SMILES string of the molecule is [2H]C(CCCCCCCCCCCCCCC)c1nc(N(C)C([2H])([2H])[2H])nc(C)c1Br. The maximum atomic E-state index is 8.52. The molecule has 0 fully saturated rings. The molecule has 4 heteroatoms. The number of unbranched alkanes of at least 4 members (excludes halogenated alkanes) is 12. The number of rotatable bonds is 16. The molecule has 0 radical (unpaired) electrons. The minimum Gasteiger partial charge on any atom is -0.347 e. The van der Waals surface area contributed by atoms with Gasteiger partial charge in [0.25, 0.3) is 0 Å². The highest BCUT2D eigenvalue weighted by Crippen LogP contribution is 2.23. The van der Waals surface area contributed by atoms with Gasteiger partial charge in [-0.3, -0.25) is 0 Å². The molecule has 0 saturated carbocycles. The topological polar surface area (TPSA) is 29.0 Å². The molecule has 0 saturated heterocycles. The first-order valence-corrected chi connectivity index (χ1v) is 11.7. The molecule has 0 bridgehead atoms. The van der Waals surface area contributed by atoms with E-state index in [-0.39, 0.29) is 5.95 Å². The van der Waals surface area contributed by atoms with Crippen molar-refractivity contribution < 1.29 is 5.48 Å². The Morgan fingerprint density at radius 3 is 1.81 bits per heavy atom. The standard InChI is InChI=1S/C23H42BrN3/c1-5-6-7-8-9-10-11-12-13-14-15-16-17-18-19-21-22(24)20(2)25-23(26-21)27(3)4/h5-19H2,1-4H3/i3D3,19D. The molecule has 0 N–H and O–H groups in total. The smallest absolute Gasteiger partial charge is 0.225 e. The Bertz CT molecular complexity index is 626. The predicted octanol–water partition coefficient (Wildman–Crippen LogP) is 7.64. The van der Waals surface area contributed by atoms with E-state index in [0.717, 1.165) is 24.2 Å². The second-order valence-corrected chi connectivity index (χ2v) is 8.40. The van der Waals surface area contributed by atoms with Crippen LogP contribution < -0.4 is 4.90 Å². The third-order valence-corrected chi connectivity index (χ3v) is 5.96. The van der Waals surface area contributed by atoms with E-state index >= 15 is 0 Å². The predicted molar refractivity (Wildman–Crippen MR) is 123 cm³/mol. The molecule has 0 aromatic carbocycles. The van der Waals surface area contributed by atoms with Crippen LogP contribution in [0.1, 0.15) is 114 Å². The molecule has 0 aliphatic carbocycles. The van der Waals surface area contributed by atoms with E-state index < -0.39 is 13.4 Å². The number of hydrogen-bond acceptors (Lipinski definition) is 3. The van der Waals surface area contributed by atoms with Gasteiger partial charge in [-0.1, -0.05) is 90.4 Å². The van der Waals surface area contributed by atoms with Crippen molar-refractivity contribution in [2.24, 2.45) is 0 Å². The second-order valence-electron chi connectivity index (χ2n) is 7.60. The van der Waals surface area contributed by atoms with Crippen LogP contribution in [0.4, 0.5) is 5.95 Å². The van der Waals surface area contributed by atoms with Gasteiger partial charge in [-0.2, -0.15) is 0 Å². The van der Waals surface area contributed by atoms with Gasteiger partial charge in [-0.25, -0.2) is 9.97 Å². The lowest BCUT2D eigenvalue weighted by molar-refractivity contribution is 0.535. The normalized spacial score (nSPS) is 15.0. The summed E-state index contributed by atoms with van der Waals surface area (Å²) in [6.45, 7) is 1.77. The number of aryl methyl sites for hydroxylation is 2. The van der Waals surface area contributed by atoms with Gasteiger partial charge in [0.05, 0.1) is 15.9 Å². The molecule has 0 spiro atoms. The lowest BCUT2D eigenvalue weighted by Crippen LogP contribution is -2.15. The van der Waals surface area contributed by atoms with E-state index in [1.54, 1.807) is 0 Å². The fourth-order valence-electron chi connectivity index (χ4n) is 3.25. The van der Waals surface area contributed by atoms with E-state index in [2.05, 4.69) is 32.8 Å². The minimum atomic E-state index is -2.30. The summed E-state index contributed by atoms with van der Waals surface area (Å²) < 4.78 is 31.9. The third kappa shape index (κ3) is 11.1. The summed E-state index contributed by atoms with van der Waals surface area (Å²) >= 11 is 3.49. The van der Waals surface area contributed by atoms with Crippen LogP contribution in [-0.2, 0) is 6.40 Å². The highest BCUT2D eigenvalue weighted by Gasteiger charge is 2.10. The molecule has 1 unspecified atom stereocenters. The maximum Gasteiger partial charge on any atom is 0.225 e. The molecule has 1 atom stereocenters. The molecular weight excluding hydrogens is 398 g/mol. The summed E-state index contributed by atoms with van der Waals surface area (Å²) in [6.07, 6.45) is 17.2. The molecule has 0 aliphatic heterocycles. The number of anilines is 1. The maximum absolute atomic E-state index is 8.52. The van der Waals surface area contributed by atoms with Gasteiger partial charge in [0.1, 0.15) is 0 Å². The summed E-state index contributed by atoms with van der Waals surface area (Å²) in [4.78, 5) is 9.77. The summed E-state index contributed by atoms with van der Waals surface area (Å²) in [6, 6.07) is 0. The number of hydrogen-bond donors (Lipinski definition) is 0. The van der Waals surface area contributed by atoms with Gasteiger partial charge < -0.3 is 4.90 Å². The van der Waals surface area contributed by atoms with Crippen molar-refractivity contribution >= 4 is 21.9 Å². The Labute approximate surface area is 182 Å². The summed E-state index contributed by atoms with van der Waals surface area (Å²) in [5, 5.41) is 0. The molecule has 0 aliphatic rings. The van der Waals surface area contributed by atoms with Crippen LogP contribution in [0.5, 0.6) is 0 Å². The van der Waals surface area contributed by atoms with Crippen LogP contribution in [0.25, 0.3) is 0 Å². The lowest BCUT2D eigenvalue weighted by atomic mass is 10.0. The molecule has 0 amide bonds. The van der Waals surface area contributed by atoms with Gasteiger partial charge in [0.15, 0.2) is 0 Å². The van der Waals surface area contributed by atoms with Crippen LogP contribution in [-0.4, -0.2) is 24.0 Å². The van der Waals surface area contributed by atoms with Crippen LogP contribution >= 0.6 is 15.9 Å². The van der Waals surface area contributed by atoms with Crippen LogP contribution in [0.3, 0.4) is 0 Å². The van der Waals surface area contributed by atoms with Gasteiger partial charge in [0.2, 0.25) is 5.95 Å². The zero-order chi connectivity index (χ0) is 23.3. The van der Waals surface area contributed by atoms with Crippen LogP contribution in [0, 0.1) is 6.92 Å². The Morgan fingerprint density at radius 2 is 1.33 bits per heavy atom. The Kier molecular flexibility index (Phi) is 10.4. The van der Waals surface area contributed by atoms with Crippen molar-refractivity contribution in [3.05, 3.63) is 15.9 Å².